The summed E-state index contributed by atoms with van der Waals surface area (Å²) in [4.78, 5) is 23.3. The molecule has 0 aromatic heterocycles. The van der Waals surface area contributed by atoms with Gasteiger partial charge in [0.2, 0.25) is 0 Å². The Morgan fingerprint density at radius 2 is 1.30 bits per heavy atom. The molecule has 6 heteroatoms. The average molecular weight is 499 g/mol. The molecule has 190 valence electrons. The molecule has 1 aliphatic carbocycles. The Bertz CT molecular complexity index is 1350. The second-order valence-electron chi connectivity index (χ2n) is 8.86. The highest BCUT2D eigenvalue weighted by Crippen LogP contribution is 2.43. The summed E-state index contributed by atoms with van der Waals surface area (Å²) in [5.41, 5.74) is 7.84. The Hall–Kier alpha value is -4.32. The van der Waals surface area contributed by atoms with E-state index in [-0.39, 0.29) is 26.4 Å². The molecule has 0 amide bonds. The van der Waals surface area contributed by atoms with Crippen LogP contribution in [0.1, 0.15) is 25.0 Å². The van der Waals surface area contributed by atoms with Crippen LogP contribution in [0.25, 0.3) is 22.3 Å². The fraction of sp³-hybridized carbons (Fsp3) is 0.226. The van der Waals surface area contributed by atoms with E-state index in [4.69, 9.17) is 18.9 Å². The summed E-state index contributed by atoms with van der Waals surface area (Å²) in [5.74, 6) is 0.0710. The van der Waals surface area contributed by atoms with Crippen molar-refractivity contribution in [1.82, 2.24) is 0 Å². The number of carbonyl (C=O) groups excluding carboxylic acids is 2. The molecule has 0 aliphatic heterocycles. The molecule has 0 atom stereocenters. The normalized spacial score (nSPS) is 11.2. The highest BCUT2D eigenvalue weighted by Gasteiger charge is 2.21. The first-order chi connectivity index (χ1) is 17.8. The lowest BCUT2D eigenvalue weighted by atomic mass is 9.95. The Morgan fingerprint density at radius 3 is 1.97 bits per heavy atom. The van der Waals surface area contributed by atoms with Gasteiger partial charge in [0, 0.05) is 11.1 Å². The van der Waals surface area contributed by atoms with Crippen molar-refractivity contribution in [2.45, 2.75) is 20.3 Å². The lowest BCUT2D eigenvalue weighted by Crippen LogP contribution is -2.14. The van der Waals surface area contributed by atoms with Crippen LogP contribution in [0.3, 0.4) is 0 Å². The van der Waals surface area contributed by atoms with E-state index in [0.29, 0.717) is 22.6 Å². The summed E-state index contributed by atoms with van der Waals surface area (Å²) in [7, 11) is 0. The molecule has 0 radical (unpaired) electrons. The zero-order valence-corrected chi connectivity index (χ0v) is 21.2. The fourth-order valence-corrected chi connectivity index (χ4v) is 4.15. The predicted molar refractivity (Wildman–Crippen MR) is 143 cm³/mol. The van der Waals surface area contributed by atoms with E-state index in [9.17, 15) is 9.59 Å². The second-order valence-corrected chi connectivity index (χ2v) is 8.86. The summed E-state index contributed by atoms with van der Waals surface area (Å²) in [6.07, 6.45) is 0.862. The minimum atomic E-state index is -0.465. The van der Waals surface area contributed by atoms with Crippen LogP contribution in [0.5, 0.6) is 11.5 Å². The van der Waals surface area contributed by atoms with E-state index in [1.54, 1.807) is 13.8 Å². The first-order valence-electron chi connectivity index (χ1n) is 12.1. The standard InChI is InChI=1S/C31H30O6/c1-20(2)30(32)36-16-14-34-28-13-12-23(19-29(28)35-15-17-37-31(33)21(3)4)25-10-7-11-26-24-9-6-5-8-22(24)18-27(25)26/h5-13,19H,1,3,14-18H2,2,4H3. The maximum absolute atomic E-state index is 11.7. The minimum absolute atomic E-state index is 0.0711. The average Bonchev–Trinajstić information content (AvgIpc) is 3.28. The summed E-state index contributed by atoms with van der Waals surface area (Å²) in [6.45, 7) is 10.8. The Labute approximate surface area is 217 Å². The van der Waals surface area contributed by atoms with Gasteiger partial charge in [-0.15, -0.1) is 0 Å². The quantitative estimate of drug-likeness (QED) is 0.145. The maximum Gasteiger partial charge on any atom is 0.333 e. The molecule has 0 fully saturated rings. The Kier molecular flexibility index (Phi) is 8.08. The highest BCUT2D eigenvalue weighted by atomic mass is 16.6. The third-order valence-corrected chi connectivity index (χ3v) is 5.95. The van der Waals surface area contributed by atoms with Gasteiger partial charge in [-0.3, -0.25) is 0 Å². The molecule has 0 unspecified atom stereocenters. The first-order valence-corrected chi connectivity index (χ1v) is 12.1. The number of hydrogen-bond acceptors (Lipinski definition) is 6. The second kappa shape index (κ2) is 11.6. The smallest absolute Gasteiger partial charge is 0.333 e. The van der Waals surface area contributed by atoms with Crippen LogP contribution in [0.2, 0.25) is 0 Å². The van der Waals surface area contributed by atoms with Crippen molar-refractivity contribution in [2.75, 3.05) is 26.4 Å². The summed E-state index contributed by atoms with van der Waals surface area (Å²) < 4.78 is 22.1. The number of fused-ring (bicyclic) bond motifs is 3. The molecule has 4 rings (SSSR count). The Balaban J connectivity index is 1.54. The van der Waals surface area contributed by atoms with Crippen molar-refractivity contribution in [2.24, 2.45) is 0 Å². The van der Waals surface area contributed by atoms with Gasteiger partial charge in [-0.1, -0.05) is 61.7 Å². The molecule has 37 heavy (non-hydrogen) atoms. The maximum atomic E-state index is 11.7. The SMILES string of the molecule is C=C(C)C(=O)OCCOc1ccc(-c2cccc3c2Cc2ccccc2-3)cc1OCCOC(=O)C(=C)C. The van der Waals surface area contributed by atoms with Gasteiger partial charge in [0.15, 0.2) is 11.5 Å². The van der Waals surface area contributed by atoms with E-state index >= 15 is 0 Å². The van der Waals surface area contributed by atoms with E-state index < -0.39 is 11.9 Å². The number of hydrogen-bond donors (Lipinski definition) is 0. The Morgan fingerprint density at radius 1 is 0.703 bits per heavy atom. The van der Waals surface area contributed by atoms with Crippen LogP contribution >= 0.6 is 0 Å². The van der Waals surface area contributed by atoms with Gasteiger partial charge in [0.05, 0.1) is 0 Å². The third kappa shape index (κ3) is 6.09. The predicted octanol–water partition coefficient (Wildman–Crippen LogP) is 5.92. The van der Waals surface area contributed by atoms with E-state index in [2.05, 4.69) is 55.6 Å². The van der Waals surface area contributed by atoms with Gasteiger partial charge in [-0.2, -0.15) is 0 Å². The highest BCUT2D eigenvalue weighted by molar-refractivity contribution is 5.87. The van der Waals surface area contributed by atoms with Gasteiger partial charge < -0.3 is 18.9 Å². The summed E-state index contributed by atoms with van der Waals surface area (Å²) >= 11 is 0. The molecule has 0 spiro atoms. The summed E-state index contributed by atoms with van der Waals surface area (Å²) in [5, 5.41) is 0. The molecule has 3 aromatic carbocycles. The van der Waals surface area contributed by atoms with Crippen LogP contribution in [-0.4, -0.2) is 38.4 Å². The fourth-order valence-electron chi connectivity index (χ4n) is 4.15. The van der Waals surface area contributed by atoms with Crippen molar-refractivity contribution in [3.05, 3.63) is 96.1 Å². The van der Waals surface area contributed by atoms with Gasteiger partial charge in [0.1, 0.15) is 26.4 Å². The van der Waals surface area contributed by atoms with E-state index in [1.807, 2.05) is 18.2 Å². The van der Waals surface area contributed by atoms with Crippen molar-refractivity contribution in [3.63, 3.8) is 0 Å². The largest absolute Gasteiger partial charge is 0.486 e. The number of benzene rings is 3. The van der Waals surface area contributed by atoms with E-state index in [1.165, 1.54) is 22.3 Å². The molecule has 0 N–H and O–H groups in total. The number of carbonyl (C=O) groups is 2. The van der Waals surface area contributed by atoms with Gasteiger partial charge in [-0.05, 0) is 65.8 Å². The lowest BCUT2D eigenvalue weighted by Gasteiger charge is -2.16. The van der Waals surface area contributed by atoms with Crippen molar-refractivity contribution < 1.29 is 28.5 Å². The zero-order chi connectivity index (χ0) is 26.4. The van der Waals surface area contributed by atoms with Crippen molar-refractivity contribution in [1.29, 1.82) is 0 Å². The number of esters is 2. The molecule has 0 heterocycles. The first kappa shape index (κ1) is 25.8. The topological polar surface area (TPSA) is 71.1 Å². The molecule has 3 aromatic rings. The zero-order valence-electron chi connectivity index (χ0n) is 21.2. The third-order valence-electron chi connectivity index (χ3n) is 5.95. The number of rotatable bonds is 11. The van der Waals surface area contributed by atoms with Crippen LogP contribution < -0.4 is 9.47 Å². The van der Waals surface area contributed by atoms with Crippen molar-refractivity contribution in [3.8, 4) is 33.8 Å². The lowest BCUT2D eigenvalue weighted by molar-refractivity contribution is -0.140. The molecule has 6 nitrogen and oxygen atoms in total. The molecule has 0 saturated heterocycles. The van der Waals surface area contributed by atoms with Gasteiger partial charge in [0.25, 0.3) is 0 Å². The minimum Gasteiger partial charge on any atom is -0.486 e. The molecule has 0 saturated carbocycles. The van der Waals surface area contributed by atoms with Crippen LogP contribution in [0.4, 0.5) is 0 Å². The molecule has 1 aliphatic rings. The van der Waals surface area contributed by atoms with Crippen LogP contribution in [0.15, 0.2) is 85.0 Å². The van der Waals surface area contributed by atoms with Crippen molar-refractivity contribution >= 4 is 11.9 Å². The molecular weight excluding hydrogens is 468 g/mol. The monoisotopic (exact) mass is 498 g/mol. The molecule has 0 bridgehead atoms. The van der Waals surface area contributed by atoms with Gasteiger partial charge in [-0.25, -0.2) is 9.59 Å². The van der Waals surface area contributed by atoms with Gasteiger partial charge >= 0.3 is 11.9 Å². The number of ether oxygens (including phenoxy) is 4. The van der Waals surface area contributed by atoms with Crippen LogP contribution in [-0.2, 0) is 25.5 Å². The van der Waals surface area contributed by atoms with E-state index in [0.717, 1.165) is 17.5 Å². The van der Waals surface area contributed by atoms with Crippen LogP contribution in [0, 0.1) is 0 Å². The summed E-state index contributed by atoms with van der Waals surface area (Å²) in [6, 6.07) is 20.5. The molecular formula is C31H30O6.